The van der Waals surface area contributed by atoms with E-state index in [1.165, 1.54) is 22.5 Å². The number of benzene rings is 2. The Labute approximate surface area is 157 Å². The van der Waals surface area contributed by atoms with Crippen molar-refractivity contribution >= 4 is 22.4 Å². The Bertz CT molecular complexity index is 930. The summed E-state index contributed by atoms with van der Waals surface area (Å²) in [5, 5.41) is 3.55. The molecule has 1 heterocycles. The summed E-state index contributed by atoms with van der Waals surface area (Å²) in [5.74, 6) is 0.756. The van der Waals surface area contributed by atoms with E-state index in [2.05, 4.69) is 30.2 Å². The molecule has 1 N–H and O–H groups in total. The molecule has 1 aromatic heterocycles. The smallest absolute Gasteiger partial charge is 0.230 e. The second-order valence-corrected chi connectivity index (χ2v) is 7.50. The van der Waals surface area contributed by atoms with Crippen molar-refractivity contribution in [2.45, 2.75) is 27.2 Å². The third-order valence-electron chi connectivity index (χ3n) is 4.34. The van der Waals surface area contributed by atoms with Crippen LogP contribution in [0.4, 0.5) is 5.13 Å². The first-order valence-corrected chi connectivity index (χ1v) is 9.25. The molecule has 0 aliphatic heterocycles. The molecule has 0 bridgehead atoms. The molecule has 3 aromatic rings. The number of hydrogen-bond acceptors (Lipinski definition) is 4. The Balaban J connectivity index is 1.71. The SMILES string of the molecule is COc1ccc(-c2nc(NC(=O)Cc3ccc(C)c(C)c3)sc2C)cc1. The molecule has 0 aliphatic carbocycles. The third kappa shape index (κ3) is 4.11. The van der Waals surface area contributed by atoms with E-state index in [0.717, 1.165) is 27.4 Å². The monoisotopic (exact) mass is 366 g/mol. The Hall–Kier alpha value is -2.66. The van der Waals surface area contributed by atoms with Crippen molar-refractivity contribution in [3.05, 3.63) is 64.0 Å². The number of anilines is 1. The Kier molecular flexibility index (Phi) is 5.38. The summed E-state index contributed by atoms with van der Waals surface area (Å²) >= 11 is 1.49. The number of aromatic nitrogens is 1. The molecule has 0 aliphatic rings. The number of carbonyl (C=O) groups excluding carboxylic acids is 1. The number of hydrogen-bond donors (Lipinski definition) is 1. The molecule has 3 rings (SSSR count). The van der Waals surface area contributed by atoms with Crippen LogP contribution in [0.3, 0.4) is 0 Å². The summed E-state index contributed by atoms with van der Waals surface area (Å²) < 4.78 is 5.19. The van der Waals surface area contributed by atoms with Gasteiger partial charge in [-0.1, -0.05) is 18.2 Å². The van der Waals surface area contributed by atoms with Gasteiger partial charge in [0.05, 0.1) is 19.2 Å². The predicted molar refractivity (Wildman–Crippen MR) is 107 cm³/mol. The maximum atomic E-state index is 12.4. The van der Waals surface area contributed by atoms with Gasteiger partial charge >= 0.3 is 0 Å². The second kappa shape index (κ2) is 7.70. The first-order valence-electron chi connectivity index (χ1n) is 8.44. The highest BCUT2D eigenvalue weighted by Crippen LogP contribution is 2.31. The molecular formula is C21H22N2O2S. The van der Waals surface area contributed by atoms with E-state index in [-0.39, 0.29) is 5.91 Å². The summed E-state index contributed by atoms with van der Waals surface area (Å²) in [4.78, 5) is 18.0. The number of ether oxygens (including phenoxy) is 1. The topological polar surface area (TPSA) is 51.2 Å². The lowest BCUT2D eigenvalue weighted by Gasteiger charge is -2.05. The molecule has 2 aromatic carbocycles. The number of nitrogens with one attached hydrogen (secondary N) is 1. The van der Waals surface area contributed by atoms with Crippen LogP contribution in [-0.2, 0) is 11.2 Å². The number of carbonyl (C=O) groups is 1. The van der Waals surface area contributed by atoms with Gasteiger partial charge in [-0.05, 0) is 61.7 Å². The molecule has 0 atom stereocenters. The number of nitrogens with zero attached hydrogens (tertiary/aromatic N) is 1. The van der Waals surface area contributed by atoms with Crippen LogP contribution in [0, 0.1) is 20.8 Å². The normalized spacial score (nSPS) is 10.6. The molecule has 0 spiro atoms. The van der Waals surface area contributed by atoms with Crippen molar-refractivity contribution in [3.8, 4) is 17.0 Å². The number of amides is 1. The lowest BCUT2D eigenvalue weighted by molar-refractivity contribution is -0.115. The van der Waals surface area contributed by atoms with Crippen molar-refractivity contribution in [1.82, 2.24) is 4.98 Å². The number of aryl methyl sites for hydroxylation is 3. The number of methoxy groups -OCH3 is 1. The minimum atomic E-state index is -0.0525. The van der Waals surface area contributed by atoms with Crippen molar-refractivity contribution in [2.24, 2.45) is 0 Å². The Morgan fingerprint density at radius 3 is 2.46 bits per heavy atom. The van der Waals surface area contributed by atoms with Gasteiger partial charge in [0.25, 0.3) is 0 Å². The fourth-order valence-electron chi connectivity index (χ4n) is 2.73. The largest absolute Gasteiger partial charge is 0.497 e. The van der Waals surface area contributed by atoms with Crippen LogP contribution in [0.5, 0.6) is 5.75 Å². The Morgan fingerprint density at radius 1 is 1.08 bits per heavy atom. The molecule has 0 unspecified atom stereocenters. The zero-order valence-corrected chi connectivity index (χ0v) is 16.2. The third-order valence-corrected chi connectivity index (χ3v) is 5.23. The Morgan fingerprint density at radius 2 is 1.81 bits per heavy atom. The van der Waals surface area contributed by atoms with Crippen LogP contribution in [-0.4, -0.2) is 18.0 Å². The summed E-state index contributed by atoms with van der Waals surface area (Å²) in [5.41, 5.74) is 5.33. The highest BCUT2D eigenvalue weighted by molar-refractivity contribution is 7.16. The van der Waals surface area contributed by atoms with Gasteiger partial charge in [-0.2, -0.15) is 0 Å². The van der Waals surface area contributed by atoms with Crippen LogP contribution in [0.1, 0.15) is 21.6 Å². The number of rotatable bonds is 5. The van der Waals surface area contributed by atoms with Crippen LogP contribution in [0.15, 0.2) is 42.5 Å². The first-order chi connectivity index (χ1) is 12.5. The number of thiazole rings is 1. The lowest BCUT2D eigenvalue weighted by Crippen LogP contribution is -2.14. The van der Waals surface area contributed by atoms with Crippen LogP contribution in [0.25, 0.3) is 11.3 Å². The van der Waals surface area contributed by atoms with Gasteiger partial charge < -0.3 is 10.1 Å². The average molecular weight is 366 g/mol. The minimum Gasteiger partial charge on any atom is -0.497 e. The fourth-order valence-corrected chi connectivity index (χ4v) is 3.58. The molecule has 4 nitrogen and oxygen atoms in total. The molecule has 0 radical (unpaired) electrons. The minimum absolute atomic E-state index is 0.0525. The van der Waals surface area contributed by atoms with Gasteiger partial charge in [-0.15, -0.1) is 11.3 Å². The van der Waals surface area contributed by atoms with Crippen LogP contribution >= 0.6 is 11.3 Å². The van der Waals surface area contributed by atoms with E-state index in [4.69, 9.17) is 4.74 Å². The highest BCUT2D eigenvalue weighted by atomic mass is 32.1. The van der Waals surface area contributed by atoms with E-state index in [9.17, 15) is 4.79 Å². The van der Waals surface area contributed by atoms with Crippen molar-refractivity contribution in [3.63, 3.8) is 0 Å². The molecule has 134 valence electrons. The fraction of sp³-hybridized carbons (Fsp3) is 0.238. The van der Waals surface area contributed by atoms with Gasteiger partial charge in [0, 0.05) is 10.4 Å². The summed E-state index contributed by atoms with van der Waals surface area (Å²) in [6.45, 7) is 6.14. The zero-order valence-electron chi connectivity index (χ0n) is 15.4. The maximum absolute atomic E-state index is 12.4. The van der Waals surface area contributed by atoms with Gasteiger partial charge in [-0.25, -0.2) is 4.98 Å². The molecule has 5 heteroatoms. The van der Waals surface area contributed by atoms with E-state index in [1.54, 1.807) is 7.11 Å². The molecule has 26 heavy (non-hydrogen) atoms. The van der Waals surface area contributed by atoms with Crippen molar-refractivity contribution in [1.29, 1.82) is 0 Å². The molecular weight excluding hydrogens is 344 g/mol. The first kappa shape index (κ1) is 18.1. The molecule has 0 fully saturated rings. The van der Waals surface area contributed by atoms with Gasteiger partial charge in [0.1, 0.15) is 5.75 Å². The van der Waals surface area contributed by atoms with E-state index < -0.39 is 0 Å². The van der Waals surface area contributed by atoms with Gasteiger partial charge in [0.2, 0.25) is 5.91 Å². The quantitative estimate of drug-likeness (QED) is 0.697. The zero-order chi connectivity index (χ0) is 18.7. The highest BCUT2D eigenvalue weighted by Gasteiger charge is 2.13. The van der Waals surface area contributed by atoms with Gasteiger partial charge in [-0.3, -0.25) is 4.79 Å². The predicted octanol–water partition coefficient (Wildman–Crippen LogP) is 4.93. The summed E-state index contributed by atoms with van der Waals surface area (Å²) in [6.07, 6.45) is 0.345. The van der Waals surface area contributed by atoms with Crippen molar-refractivity contribution < 1.29 is 9.53 Å². The average Bonchev–Trinajstić information content (AvgIpc) is 2.98. The lowest BCUT2D eigenvalue weighted by atomic mass is 10.0. The standard InChI is InChI=1S/C21H22N2O2S/c1-13-5-6-16(11-14(13)2)12-19(24)22-21-23-20(15(3)26-21)17-7-9-18(25-4)10-8-17/h5-11H,12H2,1-4H3,(H,22,23,24). The van der Waals surface area contributed by atoms with E-state index in [0.29, 0.717) is 11.6 Å². The summed E-state index contributed by atoms with van der Waals surface area (Å²) in [6, 6.07) is 13.9. The maximum Gasteiger partial charge on any atom is 0.230 e. The summed E-state index contributed by atoms with van der Waals surface area (Å²) in [7, 11) is 1.65. The van der Waals surface area contributed by atoms with Crippen LogP contribution < -0.4 is 10.1 Å². The van der Waals surface area contributed by atoms with Crippen LogP contribution in [0.2, 0.25) is 0 Å². The van der Waals surface area contributed by atoms with E-state index >= 15 is 0 Å². The molecule has 1 amide bonds. The van der Waals surface area contributed by atoms with Gasteiger partial charge in [0.15, 0.2) is 5.13 Å². The van der Waals surface area contributed by atoms with Crippen molar-refractivity contribution in [2.75, 3.05) is 12.4 Å². The molecule has 0 saturated heterocycles. The van der Waals surface area contributed by atoms with E-state index in [1.807, 2.05) is 43.3 Å². The molecule has 0 saturated carbocycles. The second-order valence-electron chi connectivity index (χ2n) is 6.30.